The highest BCUT2D eigenvalue weighted by atomic mass is 32.1. The Balaban J connectivity index is 1.62. The summed E-state index contributed by atoms with van der Waals surface area (Å²) >= 11 is 1.50. The van der Waals surface area contributed by atoms with E-state index in [4.69, 9.17) is 9.72 Å². The van der Waals surface area contributed by atoms with E-state index in [0.717, 1.165) is 32.7 Å². The molecular formula is C28H23N3O2S. The van der Waals surface area contributed by atoms with Crippen LogP contribution in [0.1, 0.15) is 22.6 Å². The number of carbonyl (C=O) groups excluding carboxylic acids is 1. The first kappa shape index (κ1) is 21.8. The molecule has 0 saturated heterocycles. The molecule has 5 aromatic rings. The lowest BCUT2D eigenvalue weighted by Crippen LogP contribution is -2.35. The van der Waals surface area contributed by atoms with Crippen LogP contribution < -0.4 is 9.64 Å². The van der Waals surface area contributed by atoms with E-state index < -0.39 is 5.92 Å². The molecule has 0 radical (unpaired) electrons. The van der Waals surface area contributed by atoms with Crippen LogP contribution in [-0.2, 0) is 11.3 Å². The van der Waals surface area contributed by atoms with Crippen molar-refractivity contribution in [3.63, 3.8) is 0 Å². The van der Waals surface area contributed by atoms with Gasteiger partial charge in [-0.2, -0.15) is 0 Å². The molecule has 34 heavy (non-hydrogen) atoms. The van der Waals surface area contributed by atoms with Gasteiger partial charge < -0.3 is 4.74 Å². The number of amides is 1. The smallest absolute Gasteiger partial charge is 0.241 e. The molecule has 0 aliphatic rings. The van der Waals surface area contributed by atoms with Crippen molar-refractivity contribution in [3.05, 3.63) is 120 Å². The summed E-state index contributed by atoms with van der Waals surface area (Å²) in [5.41, 5.74) is 3.63. The normalized spacial score (nSPS) is 11.0. The minimum Gasteiger partial charge on any atom is -0.497 e. The first-order chi connectivity index (χ1) is 16.7. The van der Waals surface area contributed by atoms with Gasteiger partial charge in [-0.05, 0) is 34.9 Å². The molecule has 0 bridgehead atoms. The van der Waals surface area contributed by atoms with Gasteiger partial charge in [0.05, 0.1) is 29.8 Å². The molecule has 0 N–H and O–H groups in total. The highest BCUT2D eigenvalue weighted by Crippen LogP contribution is 2.35. The summed E-state index contributed by atoms with van der Waals surface area (Å²) < 4.78 is 6.36. The summed E-state index contributed by atoms with van der Waals surface area (Å²) in [5, 5.41) is 0.647. The molecule has 0 fully saturated rings. The zero-order chi connectivity index (χ0) is 23.3. The van der Waals surface area contributed by atoms with Crippen molar-refractivity contribution in [2.24, 2.45) is 0 Å². The van der Waals surface area contributed by atoms with Gasteiger partial charge in [-0.15, -0.1) is 0 Å². The Hall–Kier alpha value is -4.03. The van der Waals surface area contributed by atoms with Crippen molar-refractivity contribution >= 4 is 32.6 Å². The average molecular weight is 466 g/mol. The van der Waals surface area contributed by atoms with Crippen molar-refractivity contribution in [1.82, 2.24) is 9.97 Å². The van der Waals surface area contributed by atoms with Gasteiger partial charge in [0.15, 0.2) is 5.13 Å². The molecule has 0 unspecified atom stereocenters. The molecule has 0 atom stereocenters. The Bertz CT molecular complexity index is 1350. The molecule has 6 heteroatoms. The molecule has 5 rings (SSSR count). The monoisotopic (exact) mass is 465 g/mol. The number of methoxy groups -OCH3 is 1. The van der Waals surface area contributed by atoms with Gasteiger partial charge in [-0.3, -0.25) is 14.7 Å². The van der Waals surface area contributed by atoms with Gasteiger partial charge in [-0.25, -0.2) is 4.98 Å². The second-order valence-corrected chi connectivity index (χ2v) is 8.88. The van der Waals surface area contributed by atoms with E-state index in [-0.39, 0.29) is 5.91 Å². The van der Waals surface area contributed by atoms with Crippen LogP contribution >= 0.6 is 11.3 Å². The van der Waals surface area contributed by atoms with Crippen LogP contribution in [0.15, 0.2) is 103 Å². The summed E-state index contributed by atoms with van der Waals surface area (Å²) in [6.07, 6.45) is 3.52. The SMILES string of the molecule is COc1ccc2sc(N(Cc3cccnc3)C(=O)C(c3ccccc3)c3ccccc3)nc2c1. The van der Waals surface area contributed by atoms with Crippen LogP contribution in [0.2, 0.25) is 0 Å². The number of nitrogens with zero attached hydrogens (tertiary/aromatic N) is 3. The maximum absolute atomic E-state index is 14.3. The van der Waals surface area contributed by atoms with Crippen molar-refractivity contribution < 1.29 is 9.53 Å². The molecule has 5 nitrogen and oxygen atoms in total. The number of ether oxygens (including phenoxy) is 1. The second kappa shape index (κ2) is 9.85. The van der Waals surface area contributed by atoms with E-state index >= 15 is 0 Å². The number of pyridine rings is 1. The maximum Gasteiger partial charge on any atom is 0.241 e. The lowest BCUT2D eigenvalue weighted by Gasteiger charge is -2.26. The topological polar surface area (TPSA) is 55.3 Å². The number of benzene rings is 3. The molecule has 0 saturated carbocycles. The van der Waals surface area contributed by atoms with E-state index in [1.165, 1.54) is 11.3 Å². The lowest BCUT2D eigenvalue weighted by atomic mass is 9.90. The van der Waals surface area contributed by atoms with E-state index in [1.54, 1.807) is 24.4 Å². The van der Waals surface area contributed by atoms with Crippen LogP contribution in [-0.4, -0.2) is 23.0 Å². The van der Waals surface area contributed by atoms with Gasteiger partial charge in [0, 0.05) is 18.5 Å². The highest BCUT2D eigenvalue weighted by Gasteiger charge is 2.30. The van der Waals surface area contributed by atoms with E-state index in [9.17, 15) is 4.79 Å². The van der Waals surface area contributed by atoms with Gasteiger partial charge in [-0.1, -0.05) is 78.1 Å². The van der Waals surface area contributed by atoms with Crippen LogP contribution in [0.3, 0.4) is 0 Å². The van der Waals surface area contributed by atoms with Crippen LogP contribution in [0.5, 0.6) is 5.75 Å². The number of thiazole rings is 1. The van der Waals surface area contributed by atoms with Crippen molar-refractivity contribution in [3.8, 4) is 5.75 Å². The third kappa shape index (κ3) is 4.54. The number of carbonyl (C=O) groups is 1. The Morgan fingerprint density at radius 1 is 0.941 bits per heavy atom. The summed E-state index contributed by atoms with van der Waals surface area (Å²) in [5.74, 6) is 0.244. The molecule has 2 heterocycles. The second-order valence-electron chi connectivity index (χ2n) is 7.87. The number of hydrogen-bond acceptors (Lipinski definition) is 5. The molecular weight excluding hydrogens is 442 g/mol. The standard InChI is InChI=1S/C28H23N3O2S/c1-33-23-14-15-25-24(17-23)30-28(34-25)31(19-20-9-8-16-29-18-20)27(32)26(21-10-4-2-5-11-21)22-12-6-3-7-13-22/h2-18,26H,19H2,1H3. The molecule has 1 amide bonds. The fraction of sp³-hybridized carbons (Fsp3) is 0.107. The molecule has 0 aliphatic carbocycles. The predicted octanol–water partition coefficient (Wildman–Crippen LogP) is 6.07. The zero-order valence-corrected chi connectivity index (χ0v) is 19.5. The number of fused-ring (bicyclic) bond motifs is 1. The quantitative estimate of drug-likeness (QED) is 0.293. The Morgan fingerprint density at radius 2 is 1.65 bits per heavy atom. The van der Waals surface area contributed by atoms with E-state index in [0.29, 0.717) is 11.7 Å². The first-order valence-corrected chi connectivity index (χ1v) is 11.8. The van der Waals surface area contributed by atoms with Gasteiger partial charge in [0.2, 0.25) is 5.91 Å². The lowest BCUT2D eigenvalue weighted by molar-refractivity contribution is -0.119. The third-order valence-electron chi connectivity index (χ3n) is 5.66. The minimum atomic E-state index is -0.458. The van der Waals surface area contributed by atoms with Crippen molar-refractivity contribution in [2.45, 2.75) is 12.5 Å². The first-order valence-electron chi connectivity index (χ1n) is 11.0. The zero-order valence-electron chi connectivity index (χ0n) is 18.7. The molecule has 0 aliphatic heterocycles. The number of anilines is 1. The molecule has 2 aromatic heterocycles. The van der Waals surface area contributed by atoms with Crippen LogP contribution in [0.4, 0.5) is 5.13 Å². The Labute approximate surface area is 202 Å². The predicted molar refractivity (Wildman–Crippen MR) is 136 cm³/mol. The molecule has 3 aromatic carbocycles. The number of hydrogen-bond donors (Lipinski definition) is 0. The maximum atomic E-state index is 14.3. The Kier molecular flexibility index (Phi) is 6.31. The Morgan fingerprint density at radius 3 is 2.26 bits per heavy atom. The summed E-state index contributed by atoms with van der Waals surface area (Å²) in [6, 6.07) is 29.4. The summed E-state index contributed by atoms with van der Waals surface area (Å²) in [4.78, 5) is 25.2. The average Bonchev–Trinajstić information content (AvgIpc) is 3.32. The third-order valence-corrected chi connectivity index (χ3v) is 6.72. The van der Waals surface area contributed by atoms with Gasteiger partial charge in [0.1, 0.15) is 5.75 Å². The minimum absolute atomic E-state index is 0.0349. The van der Waals surface area contributed by atoms with Crippen LogP contribution in [0, 0.1) is 0 Å². The summed E-state index contributed by atoms with van der Waals surface area (Å²) in [7, 11) is 1.64. The number of rotatable bonds is 7. The highest BCUT2D eigenvalue weighted by molar-refractivity contribution is 7.22. The van der Waals surface area contributed by atoms with Crippen molar-refractivity contribution in [2.75, 3.05) is 12.0 Å². The fourth-order valence-corrected chi connectivity index (χ4v) is 4.93. The van der Waals surface area contributed by atoms with Crippen molar-refractivity contribution in [1.29, 1.82) is 0 Å². The molecule has 168 valence electrons. The van der Waals surface area contributed by atoms with Gasteiger partial charge in [0.25, 0.3) is 0 Å². The summed E-state index contributed by atoms with van der Waals surface area (Å²) in [6.45, 7) is 0.375. The van der Waals surface area contributed by atoms with Gasteiger partial charge >= 0.3 is 0 Å². The largest absolute Gasteiger partial charge is 0.497 e. The number of aromatic nitrogens is 2. The van der Waals surface area contributed by atoms with E-state index in [1.807, 2.05) is 91.0 Å². The van der Waals surface area contributed by atoms with E-state index in [2.05, 4.69) is 4.98 Å². The molecule has 0 spiro atoms. The fourth-order valence-electron chi connectivity index (χ4n) is 3.98. The van der Waals surface area contributed by atoms with Crippen LogP contribution in [0.25, 0.3) is 10.2 Å².